The number of nitrogens with zero attached hydrogens (tertiary/aromatic N) is 1. The Hall–Kier alpha value is -1.79. The van der Waals surface area contributed by atoms with E-state index in [2.05, 4.69) is 0 Å². The van der Waals surface area contributed by atoms with Gasteiger partial charge in [-0.05, 0) is 24.5 Å². The van der Waals surface area contributed by atoms with Gasteiger partial charge in [-0.25, -0.2) is 0 Å². The van der Waals surface area contributed by atoms with E-state index in [1.165, 1.54) is 23.3 Å². The summed E-state index contributed by atoms with van der Waals surface area (Å²) in [5.41, 5.74) is 5.64. The van der Waals surface area contributed by atoms with Gasteiger partial charge < -0.3 is 10.6 Å². The first kappa shape index (κ1) is 16.3. The zero-order valence-electron chi connectivity index (χ0n) is 11.1. The second kappa shape index (κ2) is 6.58. The zero-order chi connectivity index (χ0) is 15.3. The predicted molar refractivity (Wildman–Crippen MR) is 67.2 cm³/mol. The summed E-state index contributed by atoms with van der Waals surface area (Å²) in [5.74, 6) is -0.988. The molecule has 2 N–H and O–H groups in total. The fraction of sp³-hybridized carbons (Fsp3) is 0.538. The maximum absolute atomic E-state index is 12.2. The highest BCUT2D eigenvalue weighted by atomic mass is 19.4. The van der Waals surface area contributed by atoms with Crippen molar-refractivity contribution in [3.63, 3.8) is 0 Å². The lowest BCUT2D eigenvalue weighted by Crippen LogP contribution is -2.44. The van der Waals surface area contributed by atoms with Crippen molar-refractivity contribution in [2.75, 3.05) is 0 Å². The molecule has 7 heteroatoms. The first-order chi connectivity index (χ1) is 9.24. The van der Waals surface area contributed by atoms with Crippen molar-refractivity contribution in [1.29, 1.82) is 0 Å². The van der Waals surface area contributed by atoms with Crippen LogP contribution in [0.25, 0.3) is 0 Å². The molecular weight excluding hydrogens is 273 g/mol. The minimum atomic E-state index is -4.23. The van der Waals surface area contributed by atoms with Crippen LogP contribution in [0.15, 0.2) is 23.9 Å². The van der Waals surface area contributed by atoms with Crippen LogP contribution in [0.3, 0.4) is 0 Å². The molecule has 0 saturated heterocycles. The van der Waals surface area contributed by atoms with Crippen molar-refractivity contribution in [3.8, 4) is 0 Å². The van der Waals surface area contributed by atoms with E-state index in [0.29, 0.717) is 12.0 Å². The second-order valence-corrected chi connectivity index (χ2v) is 4.54. The van der Waals surface area contributed by atoms with Crippen LogP contribution in [0, 0.1) is 0 Å². The summed E-state index contributed by atoms with van der Waals surface area (Å²) < 4.78 is 36.5. The number of allylic oxidation sites excluding steroid dienone is 2. The van der Waals surface area contributed by atoms with E-state index in [1.807, 2.05) is 0 Å². The highest BCUT2D eigenvalue weighted by Gasteiger charge is 2.28. The third-order valence-electron chi connectivity index (χ3n) is 3.02. The van der Waals surface area contributed by atoms with Crippen LogP contribution in [0.2, 0.25) is 0 Å². The molecule has 0 bridgehead atoms. The van der Waals surface area contributed by atoms with E-state index in [-0.39, 0.29) is 18.7 Å². The van der Waals surface area contributed by atoms with Gasteiger partial charge in [-0.3, -0.25) is 9.59 Å². The lowest BCUT2D eigenvalue weighted by Gasteiger charge is -2.24. The number of hydrogen-bond donors (Lipinski definition) is 1. The molecule has 0 saturated carbocycles. The molecule has 4 nitrogen and oxygen atoms in total. The first-order valence-electron chi connectivity index (χ1n) is 6.29. The van der Waals surface area contributed by atoms with Gasteiger partial charge in [0.1, 0.15) is 6.04 Å². The number of hydrogen-bond acceptors (Lipinski definition) is 2. The maximum Gasteiger partial charge on any atom is 0.389 e. The molecule has 1 aliphatic rings. The third-order valence-corrected chi connectivity index (χ3v) is 3.02. The van der Waals surface area contributed by atoms with Gasteiger partial charge in [-0.2, -0.15) is 13.2 Å². The van der Waals surface area contributed by atoms with E-state index in [9.17, 15) is 22.8 Å². The van der Waals surface area contributed by atoms with Crippen LogP contribution in [-0.4, -0.2) is 28.9 Å². The molecule has 0 aromatic heterocycles. The fourth-order valence-corrected chi connectivity index (χ4v) is 1.94. The van der Waals surface area contributed by atoms with Crippen LogP contribution in [0.4, 0.5) is 13.2 Å². The normalized spacial score (nSPS) is 17.7. The van der Waals surface area contributed by atoms with Crippen molar-refractivity contribution in [2.24, 2.45) is 5.73 Å². The number of alkyl halides is 3. The Balaban J connectivity index is 2.78. The number of halogens is 3. The number of rotatable bonds is 5. The number of primary amides is 1. The van der Waals surface area contributed by atoms with Crippen molar-refractivity contribution in [3.05, 3.63) is 23.9 Å². The summed E-state index contributed by atoms with van der Waals surface area (Å²) in [6.45, 7) is 1.71. The van der Waals surface area contributed by atoms with Crippen LogP contribution >= 0.6 is 0 Å². The molecule has 2 amide bonds. The fourth-order valence-electron chi connectivity index (χ4n) is 1.94. The van der Waals surface area contributed by atoms with Crippen LogP contribution in [0.1, 0.15) is 32.6 Å². The van der Waals surface area contributed by atoms with Gasteiger partial charge in [0.25, 0.3) is 0 Å². The Morgan fingerprint density at radius 2 is 2.15 bits per heavy atom. The SMILES string of the molecule is CCC(C(N)=O)N1C=CC(CCC(F)(F)F)=CCC1=O. The number of carbonyl (C=O) groups is 2. The molecule has 1 aliphatic heterocycles. The van der Waals surface area contributed by atoms with E-state index in [4.69, 9.17) is 5.73 Å². The summed E-state index contributed by atoms with van der Waals surface area (Å²) in [6.07, 6.45) is -0.813. The van der Waals surface area contributed by atoms with Crippen LogP contribution < -0.4 is 5.73 Å². The lowest BCUT2D eigenvalue weighted by atomic mass is 10.1. The molecular formula is C13H17F3N2O2. The molecule has 112 valence electrons. The van der Waals surface area contributed by atoms with Crippen LogP contribution in [-0.2, 0) is 9.59 Å². The zero-order valence-corrected chi connectivity index (χ0v) is 11.1. The van der Waals surface area contributed by atoms with Gasteiger partial charge in [0.15, 0.2) is 0 Å². The van der Waals surface area contributed by atoms with Gasteiger partial charge in [-0.1, -0.05) is 13.0 Å². The minimum Gasteiger partial charge on any atom is -0.368 e. The summed E-state index contributed by atoms with van der Waals surface area (Å²) in [7, 11) is 0. The van der Waals surface area contributed by atoms with Crippen molar-refractivity contribution in [1.82, 2.24) is 4.90 Å². The smallest absolute Gasteiger partial charge is 0.368 e. The molecule has 1 rings (SSSR count). The average Bonchev–Trinajstić information content (AvgIpc) is 2.50. The van der Waals surface area contributed by atoms with Crippen LogP contribution in [0.5, 0.6) is 0 Å². The summed E-state index contributed by atoms with van der Waals surface area (Å²) in [4.78, 5) is 24.3. The Labute approximate surface area is 115 Å². The third kappa shape index (κ3) is 4.71. The van der Waals surface area contributed by atoms with E-state index < -0.39 is 24.5 Å². The van der Waals surface area contributed by atoms with E-state index in [0.717, 1.165) is 0 Å². The first-order valence-corrected chi connectivity index (χ1v) is 6.29. The van der Waals surface area contributed by atoms with Gasteiger partial charge in [0.05, 0.1) is 0 Å². The molecule has 1 heterocycles. The minimum absolute atomic E-state index is 0.0377. The summed E-state index contributed by atoms with van der Waals surface area (Å²) in [5, 5.41) is 0. The molecule has 0 spiro atoms. The van der Waals surface area contributed by atoms with Gasteiger partial charge in [-0.15, -0.1) is 0 Å². The molecule has 0 aliphatic carbocycles. The Bertz CT molecular complexity index is 441. The quantitative estimate of drug-likeness (QED) is 0.844. The Morgan fingerprint density at radius 3 is 2.65 bits per heavy atom. The maximum atomic E-state index is 12.2. The average molecular weight is 290 g/mol. The Morgan fingerprint density at radius 1 is 1.50 bits per heavy atom. The topological polar surface area (TPSA) is 63.4 Å². The molecule has 0 radical (unpaired) electrons. The molecule has 1 unspecified atom stereocenters. The predicted octanol–water partition coefficient (Wildman–Crippen LogP) is 2.27. The highest BCUT2D eigenvalue weighted by molar-refractivity contribution is 5.88. The number of amides is 2. The molecule has 0 aromatic carbocycles. The van der Waals surface area contributed by atoms with Gasteiger partial charge >= 0.3 is 6.18 Å². The highest BCUT2D eigenvalue weighted by Crippen LogP contribution is 2.25. The second-order valence-electron chi connectivity index (χ2n) is 4.54. The van der Waals surface area contributed by atoms with Crippen molar-refractivity contribution >= 4 is 11.8 Å². The number of carbonyl (C=O) groups excluding carboxylic acids is 2. The van der Waals surface area contributed by atoms with Gasteiger partial charge in [0.2, 0.25) is 11.8 Å². The molecule has 20 heavy (non-hydrogen) atoms. The van der Waals surface area contributed by atoms with E-state index in [1.54, 1.807) is 6.92 Å². The monoisotopic (exact) mass is 290 g/mol. The lowest BCUT2D eigenvalue weighted by molar-refractivity contribution is -0.135. The Kier molecular flexibility index (Phi) is 5.35. The van der Waals surface area contributed by atoms with Crippen molar-refractivity contribution in [2.45, 2.75) is 44.8 Å². The van der Waals surface area contributed by atoms with Crippen molar-refractivity contribution < 1.29 is 22.8 Å². The molecule has 0 fully saturated rings. The van der Waals surface area contributed by atoms with E-state index >= 15 is 0 Å². The summed E-state index contributed by atoms with van der Waals surface area (Å²) >= 11 is 0. The summed E-state index contributed by atoms with van der Waals surface area (Å²) in [6, 6.07) is -0.769. The van der Waals surface area contributed by atoms with Gasteiger partial charge in [0, 0.05) is 19.0 Å². The standard InChI is InChI=1S/C13H17F3N2O2/c1-2-10(12(17)20)18-8-6-9(3-4-11(18)19)5-7-13(14,15)16/h3,6,8,10H,2,4-5,7H2,1H3,(H2,17,20). The largest absolute Gasteiger partial charge is 0.389 e. The number of nitrogens with two attached hydrogens (primary N) is 1. The molecule has 0 aromatic rings. The molecule has 1 atom stereocenters.